The summed E-state index contributed by atoms with van der Waals surface area (Å²) >= 11 is 0. The molecule has 5 nitrogen and oxygen atoms in total. The molecule has 1 aromatic rings. The van der Waals surface area contributed by atoms with E-state index in [9.17, 15) is 17.6 Å². The van der Waals surface area contributed by atoms with Crippen molar-refractivity contribution in [2.45, 2.75) is 31.1 Å². The van der Waals surface area contributed by atoms with E-state index >= 15 is 0 Å². The van der Waals surface area contributed by atoms with E-state index in [-0.39, 0.29) is 16.4 Å². The number of hydrogen-bond donors (Lipinski definition) is 1. The van der Waals surface area contributed by atoms with Gasteiger partial charge in [-0.2, -0.15) is 0 Å². The summed E-state index contributed by atoms with van der Waals surface area (Å²) in [6.07, 6.45) is 2.98. The Morgan fingerprint density at radius 3 is 2.57 bits per heavy atom. The lowest BCUT2D eigenvalue weighted by molar-refractivity contribution is 0.0747. The molecule has 21 heavy (non-hydrogen) atoms. The summed E-state index contributed by atoms with van der Waals surface area (Å²) < 4.78 is 36.2. The summed E-state index contributed by atoms with van der Waals surface area (Å²) in [5, 5.41) is 5.00. The molecule has 1 aliphatic rings. The summed E-state index contributed by atoms with van der Waals surface area (Å²) in [5.74, 6) is -0.632. The zero-order chi connectivity index (χ0) is 15.6. The van der Waals surface area contributed by atoms with Crippen LogP contribution in [0.3, 0.4) is 0 Å². The summed E-state index contributed by atoms with van der Waals surface area (Å²) in [6, 6.07) is 3.00. The van der Waals surface area contributed by atoms with Crippen molar-refractivity contribution in [2.24, 2.45) is 11.1 Å². The van der Waals surface area contributed by atoms with Crippen LogP contribution in [0.25, 0.3) is 0 Å². The minimum absolute atomic E-state index is 0.0214. The molecule has 2 N–H and O–H groups in total. The largest absolute Gasteiger partial charge is 0.338 e. The molecule has 0 aromatic heterocycles. The summed E-state index contributed by atoms with van der Waals surface area (Å²) in [5.41, 5.74) is 0.0214. The van der Waals surface area contributed by atoms with E-state index in [1.165, 1.54) is 0 Å². The molecule has 0 unspecified atom stereocenters. The predicted molar refractivity (Wildman–Crippen MR) is 76.7 cm³/mol. The maximum absolute atomic E-state index is 13.6. The van der Waals surface area contributed by atoms with Gasteiger partial charge >= 0.3 is 0 Å². The predicted octanol–water partition coefficient (Wildman–Crippen LogP) is 1.74. The van der Waals surface area contributed by atoms with Crippen LogP contribution < -0.4 is 5.14 Å². The number of carbonyl (C=O) groups is 1. The van der Waals surface area contributed by atoms with Crippen LogP contribution in [-0.2, 0) is 10.0 Å². The van der Waals surface area contributed by atoms with Gasteiger partial charge in [0.1, 0.15) is 5.82 Å². The van der Waals surface area contributed by atoms with Crippen LogP contribution in [0.1, 0.15) is 36.5 Å². The van der Waals surface area contributed by atoms with Gasteiger partial charge in [-0.3, -0.25) is 4.79 Å². The molecular weight excluding hydrogens is 295 g/mol. The molecule has 0 bridgehead atoms. The van der Waals surface area contributed by atoms with Gasteiger partial charge in [0.15, 0.2) is 0 Å². The molecule has 7 heteroatoms. The van der Waals surface area contributed by atoms with Crippen LogP contribution in [0.5, 0.6) is 0 Å². The molecule has 1 aromatic carbocycles. The van der Waals surface area contributed by atoms with Crippen LogP contribution in [-0.4, -0.2) is 32.3 Å². The fourth-order valence-electron chi connectivity index (χ4n) is 2.19. The standard InChI is InChI=1S/C14H19FN2O3S/c1-2-5-17(9-10-3-4-10)14(18)11-6-12(15)8-13(7-11)21(16,19)20/h6-8,10H,2-5,9H2,1H3,(H2,16,19,20). The molecule has 0 spiro atoms. The van der Waals surface area contributed by atoms with Crippen molar-refractivity contribution in [3.63, 3.8) is 0 Å². The van der Waals surface area contributed by atoms with Crippen LogP contribution in [0.4, 0.5) is 4.39 Å². The normalized spacial score (nSPS) is 15.0. The summed E-state index contributed by atoms with van der Waals surface area (Å²) in [6.45, 7) is 3.15. The first kappa shape index (κ1) is 15.9. The van der Waals surface area contributed by atoms with E-state index in [1.807, 2.05) is 6.92 Å². The maximum atomic E-state index is 13.6. The Morgan fingerprint density at radius 1 is 1.38 bits per heavy atom. The number of hydrogen-bond acceptors (Lipinski definition) is 3. The molecule has 0 aliphatic heterocycles. The van der Waals surface area contributed by atoms with E-state index < -0.39 is 15.8 Å². The van der Waals surface area contributed by atoms with Crippen molar-refractivity contribution < 1.29 is 17.6 Å². The molecule has 1 fully saturated rings. The number of carbonyl (C=O) groups excluding carboxylic acids is 1. The van der Waals surface area contributed by atoms with Crippen LogP contribution >= 0.6 is 0 Å². The highest BCUT2D eigenvalue weighted by atomic mass is 32.2. The van der Waals surface area contributed by atoms with Gasteiger partial charge in [0.25, 0.3) is 5.91 Å². The SMILES string of the molecule is CCCN(CC1CC1)C(=O)c1cc(F)cc(S(N)(=O)=O)c1. The lowest BCUT2D eigenvalue weighted by atomic mass is 10.1. The first-order valence-corrected chi connectivity index (χ1v) is 8.48. The van der Waals surface area contributed by atoms with Gasteiger partial charge in [-0.25, -0.2) is 17.9 Å². The maximum Gasteiger partial charge on any atom is 0.254 e. The molecule has 2 rings (SSSR count). The fourth-order valence-corrected chi connectivity index (χ4v) is 2.76. The van der Waals surface area contributed by atoms with E-state index in [2.05, 4.69) is 0 Å². The summed E-state index contributed by atoms with van der Waals surface area (Å²) in [7, 11) is -4.04. The average molecular weight is 314 g/mol. The van der Waals surface area contributed by atoms with Gasteiger partial charge < -0.3 is 4.90 Å². The van der Waals surface area contributed by atoms with Gasteiger partial charge in [-0.1, -0.05) is 6.92 Å². The molecule has 116 valence electrons. The van der Waals surface area contributed by atoms with Gasteiger partial charge in [-0.15, -0.1) is 0 Å². The van der Waals surface area contributed by atoms with E-state index in [1.54, 1.807) is 4.90 Å². The number of benzene rings is 1. The molecule has 0 atom stereocenters. The Bertz CT molecular complexity index is 642. The number of nitrogens with two attached hydrogens (primary N) is 1. The number of rotatable bonds is 6. The monoisotopic (exact) mass is 314 g/mol. The van der Waals surface area contributed by atoms with E-state index in [4.69, 9.17) is 5.14 Å². The first-order valence-electron chi connectivity index (χ1n) is 6.94. The molecule has 0 heterocycles. The lowest BCUT2D eigenvalue weighted by Crippen LogP contribution is -2.33. The van der Waals surface area contributed by atoms with Crippen LogP contribution in [0.15, 0.2) is 23.1 Å². The van der Waals surface area contributed by atoms with Gasteiger partial charge in [0, 0.05) is 18.7 Å². The highest BCUT2D eigenvalue weighted by molar-refractivity contribution is 7.89. The molecular formula is C14H19FN2O3S. The highest BCUT2D eigenvalue weighted by Crippen LogP contribution is 2.30. The number of primary sulfonamides is 1. The minimum atomic E-state index is -4.04. The topological polar surface area (TPSA) is 80.5 Å². The Hall–Kier alpha value is -1.47. The van der Waals surface area contributed by atoms with Crippen LogP contribution in [0.2, 0.25) is 0 Å². The second-order valence-electron chi connectivity index (χ2n) is 5.42. The average Bonchev–Trinajstić information content (AvgIpc) is 3.19. The molecule has 1 amide bonds. The number of nitrogens with zero attached hydrogens (tertiary/aromatic N) is 1. The zero-order valence-corrected chi connectivity index (χ0v) is 12.7. The van der Waals surface area contributed by atoms with Gasteiger partial charge in [0.05, 0.1) is 4.90 Å². The first-order chi connectivity index (χ1) is 9.81. The summed E-state index contributed by atoms with van der Waals surface area (Å²) in [4.78, 5) is 13.7. The van der Waals surface area contributed by atoms with Crippen LogP contribution in [0, 0.1) is 11.7 Å². The van der Waals surface area contributed by atoms with Gasteiger partial charge in [0.2, 0.25) is 10.0 Å². The second kappa shape index (κ2) is 6.11. The van der Waals surface area contributed by atoms with Crippen molar-refractivity contribution in [1.29, 1.82) is 0 Å². The number of sulfonamides is 1. The molecule has 1 saturated carbocycles. The third-order valence-corrected chi connectivity index (χ3v) is 4.30. The Morgan fingerprint density at radius 2 is 2.05 bits per heavy atom. The van der Waals surface area contributed by atoms with Crippen molar-refractivity contribution >= 4 is 15.9 Å². The Balaban J connectivity index is 2.29. The lowest BCUT2D eigenvalue weighted by Gasteiger charge is -2.22. The second-order valence-corrected chi connectivity index (χ2v) is 6.98. The zero-order valence-electron chi connectivity index (χ0n) is 11.9. The highest BCUT2D eigenvalue weighted by Gasteiger charge is 2.27. The third kappa shape index (κ3) is 4.25. The number of halogens is 1. The third-order valence-electron chi connectivity index (χ3n) is 3.40. The Labute approximate surface area is 124 Å². The minimum Gasteiger partial charge on any atom is -0.338 e. The fraction of sp³-hybridized carbons (Fsp3) is 0.500. The van der Waals surface area contributed by atoms with E-state index in [0.717, 1.165) is 37.5 Å². The quantitative estimate of drug-likeness (QED) is 0.868. The van der Waals surface area contributed by atoms with Crippen molar-refractivity contribution in [3.8, 4) is 0 Å². The molecule has 0 saturated heterocycles. The number of amides is 1. The van der Waals surface area contributed by atoms with Crippen molar-refractivity contribution in [1.82, 2.24) is 4.90 Å². The molecule has 0 radical (unpaired) electrons. The Kier molecular flexibility index (Phi) is 4.63. The van der Waals surface area contributed by atoms with Crippen molar-refractivity contribution in [3.05, 3.63) is 29.6 Å². The van der Waals surface area contributed by atoms with E-state index in [0.29, 0.717) is 19.0 Å². The van der Waals surface area contributed by atoms with Gasteiger partial charge in [-0.05, 0) is 43.4 Å². The van der Waals surface area contributed by atoms with Crippen molar-refractivity contribution in [2.75, 3.05) is 13.1 Å². The molecule has 1 aliphatic carbocycles. The smallest absolute Gasteiger partial charge is 0.254 e.